The van der Waals surface area contributed by atoms with Gasteiger partial charge in [-0.25, -0.2) is 0 Å². The van der Waals surface area contributed by atoms with E-state index in [-0.39, 0.29) is 0 Å². The van der Waals surface area contributed by atoms with Crippen molar-refractivity contribution in [3.05, 3.63) is 64.2 Å². The second kappa shape index (κ2) is 4.94. The molecule has 20 heavy (non-hydrogen) atoms. The number of allylic oxidation sites excluding steroid dienone is 1. The van der Waals surface area contributed by atoms with Gasteiger partial charge in [-0.05, 0) is 59.6 Å². The van der Waals surface area contributed by atoms with E-state index in [9.17, 15) is 0 Å². The molecular formula is C20H22. The summed E-state index contributed by atoms with van der Waals surface area (Å²) in [5.41, 5.74) is 10.0. The lowest BCUT2D eigenvalue weighted by Gasteiger charge is -2.17. The van der Waals surface area contributed by atoms with E-state index in [1.165, 1.54) is 39.0 Å². The predicted molar refractivity (Wildman–Crippen MR) is 88.1 cm³/mol. The van der Waals surface area contributed by atoms with Gasteiger partial charge in [0.1, 0.15) is 0 Å². The summed E-state index contributed by atoms with van der Waals surface area (Å²) in [6, 6.07) is 13.4. The lowest BCUT2D eigenvalue weighted by molar-refractivity contribution is 0.869. The van der Waals surface area contributed by atoms with Gasteiger partial charge in [0.25, 0.3) is 0 Å². The van der Waals surface area contributed by atoms with E-state index in [1.54, 1.807) is 0 Å². The average molecular weight is 262 g/mol. The summed E-state index contributed by atoms with van der Waals surface area (Å²) in [7, 11) is 0. The monoisotopic (exact) mass is 262 g/mol. The van der Waals surface area contributed by atoms with Crippen molar-refractivity contribution in [2.24, 2.45) is 0 Å². The van der Waals surface area contributed by atoms with Crippen LogP contribution >= 0.6 is 0 Å². The predicted octanol–water partition coefficient (Wildman–Crippen LogP) is 5.74. The van der Waals surface area contributed by atoms with Gasteiger partial charge >= 0.3 is 0 Å². The molecule has 0 aromatic heterocycles. The molecule has 0 spiro atoms. The molecule has 0 radical (unpaired) electrons. The highest BCUT2D eigenvalue weighted by molar-refractivity contribution is 5.84. The highest BCUT2D eigenvalue weighted by Gasteiger charge is 2.18. The molecule has 2 aromatic rings. The van der Waals surface area contributed by atoms with E-state index in [2.05, 4.69) is 70.2 Å². The Balaban J connectivity index is 2.29. The Morgan fingerprint density at radius 1 is 0.950 bits per heavy atom. The first-order valence-corrected chi connectivity index (χ1v) is 7.47. The lowest BCUT2D eigenvalue weighted by atomic mass is 9.87. The van der Waals surface area contributed by atoms with Crippen molar-refractivity contribution in [1.82, 2.24) is 0 Å². The van der Waals surface area contributed by atoms with Crippen molar-refractivity contribution < 1.29 is 0 Å². The fourth-order valence-electron chi connectivity index (χ4n) is 3.27. The van der Waals surface area contributed by atoms with Gasteiger partial charge < -0.3 is 0 Å². The summed E-state index contributed by atoms with van der Waals surface area (Å²) in [5, 5.41) is 0. The third-order valence-corrected chi connectivity index (χ3v) is 4.26. The minimum atomic E-state index is 0.549. The summed E-state index contributed by atoms with van der Waals surface area (Å²) in [4.78, 5) is 0. The van der Waals surface area contributed by atoms with Gasteiger partial charge in [0.05, 0.1) is 0 Å². The first-order valence-electron chi connectivity index (χ1n) is 7.47. The van der Waals surface area contributed by atoms with Crippen molar-refractivity contribution in [1.29, 1.82) is 0 Å². The van der Waals surface area contributed by atoms with Crippen molar-refractivity contribution in [2.45, 2.75) is 40.0 Å². The highest BCUT2D eigenvalue weighted by atomic mass is 14.2. The third kappa shape index (κ3) is 2.10. The lowest BCUT2D eigenvalue weighted by Crippen LogP contribution is -1.97. The van der Waals surface area contributed by atoms with Gasteiger partial charge in [-0.3, -0.25) is 0 Å². The van der Waals surface area contributed by atoms with E-state index in [4.69, 9.17) is 0 Å². The molecule has 0 bridgehead atoms. The van der Waals surface area contributed by atoms with Crippen molar-refractivity contribution in [3.63, 3.8) is 0 Å². The summed E-state index contributed by atoms with van der Waals surface area (Å²) in [6.45, 7) is 9.01. The zero-order chi connectivity index (χ0) is 14.3. The van der Waals surface area contributed by atoms with E-state index in [0.29, 0.717) is 5.92 Å². The van der Waals surface area contributed by atoms with Crippen molar-refractivity contribution in [3.8, 4) is 11.1 Å². The van der Waals surface area contributed by atoms with Gasteiger partial charge in [0.2, 0.25) is 0 Å². The zero-order valence-electron chi connectivity index (χ0n) is 12.8. The Bertz CT molecular complexity index is 687. The second-order valence-corrected chi connectivity index (χ2v) is 6.24. The van der Waals surface area contributed by atoms with E-state index in [1.807, 2.05) is 0 Å². The Hall–Kier alpha value is -1.82. The van der Waals surface area contributed by atoms with Gasteiger partial charge in [-0.15, -0.1) is 0 Å². The molecule has 0 nitrogen and oxygen atoms in total. The van der Waals surface area contributed by atoms with Crippen LogP contribution in [0.1, 0.15) is 48.9 Å². The van der Waals surface area contributed by atoms with Crippen molar-refractivity contribution in [2.75, 3.05) is 0 Å². The summed E-state index contributed by atoms with van der Waals surface area (Å²) in [5.74, 6) is 0.549. The molecule has 0 amide bonds. The maximum absolute atomic E-state index is 2.37. The van der Waals surface area contributed by atoms with Gasteiger partial charge in [0.15, 0.2) is 0 Å². The molecule has 0 fully saturated rings. The largest absolute Gasteiger partial charge is 0.0683 e. The molecule has 0 heteroatoms. The van der Waals surface area contributed by atoms with Crippen LogP contribution in [0.5, 0.6) is 0 Å². The first-order chi connectivity index (χ1) is 9.58. The molecular weight excluding hydrogens is 240 g/mol. The second-order valence-electron chi connectivity index (χ2n) is 6.24. The summed E-state index contributed by atoms with van der Waals surface area (Å²) in [6.07, 6.45) is 3.47. The van der Waals surface area contributed by atoms with Gasteiger partial charge in [-0.2, -0.15) is 0 Å². The molecule has 0 aliphatic heterocycles. The van der Waals surface area contributed by atoms with Crippen molar-refractivity contribution >= 4 is 6.08 Å². The van der Waals surface area contributed by atoms with Crippen LogP contribution < -0.4 is 0 Å². The molecule has 2 aromatic carbocycles. The van der Waals surface area contributed by atoms with Crippen LogP contribution in [0.4, 0.5) is 0 Å². The van der Waals surface area contributed by atoms with Crippen LogP contribution in [0.2, 0.25) is 0 Å². The Morgan fingerprint density at radius 3 is 2.45 bits per heavy atom. The fourth-order valence-corrected chi connectivity index (χ4v) is 3.27. The van der Waals surface area contributed by atoms with E-state index >= 15 is 0 Å². The number of hydrogen-bond acceptors (Lipinski definition) is 0. The molecule has 0 unspecified atom stereocenters. The first kappa shape index (κ1) is 13.2. The normalized spacial score (nSPS) is 13.6. The fraction of sp³-hybridized carbons (Fsp3) is 0.300. The van der Waals surface area contributed by atoms with Crippen LogP contribution in [-0.4, -0.2) is 0 Å². The topological polar surface area (TPSA) is 0 Å². The van der Waals surface area contributed by atoms with Crippen LogP contribution in [0.25, 0.3) is 17.2 Å². The molecule has 0 saturated heterocycles. The van der Waals surface area contributed by atoms with Gasteiger partial charge in [-0.1, -0.05) is 61.9 Å². The highest BCUT2D eigenvalue weighted by Crippen LogP contribution is 2.39. The molecule has 1 aliphatic carbocycles. The average Bonchev–Trinajstić information content (AvgIpc) is 2.79. The van der Waals surface area contributed by atoms with Crippen LogP contribution in [0, 0.1) is 6.92 Å². The Labute approximate surface area is 122 Å². The minimum Gasteiger partial charge on any atom is -0.0683 e. The molecule has 102 valence electrons. The Morgan fingerprint density at radius 2 is 1.70 bits per heavy atom. The summed E-state index contributed by atoms with van der Waals surface area (Å²) >= 11 is 0. The smallest absolute Gasteiger partial charge is 0.00604 e. The molecule has 3 rings (SSSR count). The maximum atomic E-state index is 2.37. The number of rotatable bonds is 2. The third-order valence-electron chi connectivity index (χ3n) is 4.26. The SMILES string of the molecule is CC1=Cc2c(ccc(C)c2-c2ccccc2C(C)C)C1. The van der Waals surface area contributed by atoms with E-state index in [0.717, 1.165) is 6.42 Å². The number of fused-ring (bicyclic) bond motifs is 1. The minimum absolute atomic E-state index is 0.549. The van der Waals surface area contributed by atoms with Crippen LogP contribution in [0.3, 0.4) is 0 Å². The van der Waals surface area contributed by atoms with E-state index < -0.39 is 0 Å². The molecule has 0 N–H and O–H groups in total. The number of benzene rings is 2. The summed E-state index contributed by atoms with van der Waals surface area (Å²) < 4.78 is 0. The number of aryl methyl sites for hydroxylation is 1. The molecule has 0 atom stereocenters. The quantitative estimate of drug-likeness (QED) is 0.647. The maximum Gasteiger partial charge on any atom is -0.00604 e. The Kier molecular flexibility index (Phi) is 3.25. The standard InChI is InChI=1S/C20H22/c1-13(2)17-7-5-6-8-18(17)20-15(4)9-10-16-11-14(3)12-19(16)20/h5-10,12-13H,11H2,1-4H3. The van der Waals surface area contributed by atoms with Crippen LogP contribution in [0.15, 0.2) is 42.0 Å². The van der Waals surface area contributed by atoms with Gasteiger partial charge in [0, 0.05) is 0 Å². The van der Waals surface area contributed by atoms with Crippen LogP contribution in [-0.2, 0) is 6.42 Å². The molecule has 1 aliphatic rings. The molecule has 0 heterocycles. The zero-order valence-corrected chi connectivity index (χ0v) is 12.8. The number of hydrogen-bond donors (Lipinski definition) is 0. The molecule has 0 saturated carbocycles.